The van der Waals surface area contributed by atoms with Crippen molar-refractivity contribution in [1.29, 1.82) is 0 Å². The van der Waals surface area contributed by atoms with Crippen molar-refractivity contribution in [2.24, 2.45) is 11.3 Å². The van der Waals surface area contributed by atoms with Gasteiger partial charge in [0.1, 0.15) is 12.6 Å². The van der Waals surface area contributed by atoms with Crippen molar-refractivity contribution >= 4 is 12.1 Å². The molecular weight excluding hydrogens is 282 g/mol. The first-order valence-electron chi connectivity index (χ1n) is 7.42. The first-order chi connectivity index (χ1) is 10.2. The van der Waals surface area contributed by atoms with Gasteiger partial charge in [0, 0.05) is 0 Å². The van der Waals surface area contributed by atoms with Gasteiger partial charge in [-0.1, -0.05) is 58.0 Å². The van der Waals surface area contributed by atoms with Crippen molar-refractivity contribution in [3.63, 3.8) is 0 Å². The predicted molar refractivity (Wildman–Crippen MR) is 84.4 cm³/mol. The van der Waals surface area contributed by atoms with Crippen LogP contribution in [0.3, 0.4) is 0 Å². The molecule has 1 unspecified atom stereocenters. The summed E-state index contributed by atoms with van der Waals surface area (Å²) in [5.41, 5.74) is 0.655. The minimum absolute atomic E-state index is 0.118. The number of benzene rings is 1. The van der Waals surface area contributed by atoms with Crippen molar-refractivity contribution in [3.05, 3.63) is 35.9 Å². The van der Waals surface area contributed by atoms with Crippen LogP contribution in [0, 0.1) is 11.3 Å². The van der Waals surface area contributed by atoms with Crippen molar-refractivity contribution in [2.75, 3.05) is 0 Å². The molecule has 0 fully saturated rings. The molecule has 0 aliphatic rings. The van der Waals surface area contributed by atoms with E-state index < -0.39 is 18.1 Å². The maximum atomic E-state index is 11.8. The molecule has 0 spiro atoms. The van der Waals surface area contributed by atoms with E-state index in [-0.39, 0.29) is 12.0 Å². The third-order valence-corrected chi connectivity index (χ3v) is 4.10. The Balaban J connectivity index is 2.56. The standard InChI is InChI=1S/C17H25NO4/c1-12(2)17(3,4)10-14(15(19)20)18-16(21)22-11-13-8-6-5-7-9-13/h5-9,12,14H,10-11H2,1-4H3,(H,18,21)(H,19,20). The highest BCUT2D eigenvalue weighted by atomic mass is 16.5. The lowest BCUT2D eigenvalue weighted by Crippen LogP contribution is -2.44. The number of aliphatic carboxylic acids is 1. The zero-order valence-electron chi connectivity index (χ0n) is 13.6. The molecule has 1 aromatic carbocycles. The normalized spacial score (nSPS) is 12.8. The minimum Gasteiger partial charge on any atom is -0.480 e. The summed E-state index contributed by atoms with van der Waals surface area (Å²) in [4.78, 5) is 23.1. The highest BCUT2D eigenvalue weighted by Gasteiger charge is 2.31. The number of hydrogen-bond acceptors (Lipinski definition) is 3. The summed E-state index contributed by atoms with van der Waals surface area (Å²) in [5.74, 6) is -0.748. The first kappa shape index (κ1) is 18.0. The Kier molecular flexibility index (Phi) is 6.40. The largest absolute Gasteiger partial charge is 0.480 e. The molecule has 0 aromatic heterocycles. The number of ether oxygens (including phenoxy) is 1. The Labute approximate surface area is 131 Å². The van der Waals surface area contributed by atoms with Crippen LogP contribution in [0.5, 0.6) is 0 Å². The molecule has 0 heterocycles. The zero-order valence-corrected chi connectivity index (χ0v) is 13.6. The third-order valence-electron chi connectivity index (χ3n) is 4.10. The molecule has 1 atom stereocenters. The predicted octanol–water partition coefficient (Wildman–Crippen LogP) is 3.44. The molecule has 5 nitrogen and oxygen atoms in total. The second kappa shape index (κ2) is 7.82. The van der Waals surface area contributed by atoms with Crippen LogP contribution < -0.4 is 5.32 Å². The van der Waals surface area contributed by atoms with E-state index in [4.69, 9.17) is 4.74 Å². The Morgan fingerprint density at radius 1 is 1.23 bits per heavy atom. The maximum absolute atomic E-state index is 11.8. The molecular formula is C17H25NO4. The SMILES string of the molecule is CC(C)C(C)(C)CC(NC(=O)OCc1ccccc1)C(=O)O. The zero-order chi connectivity index (χ0) is 16.8. The van der Waals surface area contributed by atoms with Crippen molar-refractivity contribution in [1.82, 2.24) is 5.32 Å². The molecule has 122 valence electrons. The average Bonchev–Trinajstić information content (AvgIpc) is 2.45. The number of rotatable bonds is 7. The van der Waals surface area contributed by atoms with Gasteiger partial charge in [0.2, 0.25) is 0 Å². The van der Waals surface area contributed by atoms with E-state index >= 15 is 0 Å². The smallest absolute Gasteiger partial charge is 0.408 e. The van der Waals surface area contributed by atoms with Gasteiger partial charge in [-0.25, -0.2) is 9.59 Å². The van der Waals surface area contributed by atoms with Crippen LogP contribution in [0.15, 0.2) is 30.3 Å². The third kappa shape index (κ3) is 5.76. The lowest BCUT2D eigenvalue weighted by Gasteiger charge is -2.32. The molecule has 0 saturated carbocycles. The molecule has 0 aliphatic heterocycles. The summed E-state index contributed by atoms with van der Waals surface area (Å²) < 4.78 is 5.07. The topological polar surface area (TPSA) is 75.6 Å². The van der Waals surface area contributed by atoms with Crippen LogP contribution in [0.4, 0.5) is 4.79 Å². The Bertz CT molecular complexity index is 497. The van der Waals surface area contributed by atoms with E-state index in [9.17, 15) is 14.7 Å². The Morgan fingerprint density at radius 2 is 1.82 bits per heavy atom. The van der Waals surface area contributed by atoms with Crippen LogP contribution in [0.1, 0.15) is 39.7 Å². The molecule has 1 rings (SSSR count). The minimum atomic E-state index is -1.05. The number of hydrogen-bond donors (Lipinski definition) is 2. The summed E-state index contributed by atoms with van der Waals surface area (Å²) in [6.45, 7) is 8.17. The quantitative estimate of drug-likeness (QED) is 0.809. The van der Waals surface area contributed by atoms with E-state index in [2.05, 4.69) is 5.32 Å². The number of carbonyl (C=O) groups excluding carboxylic acids is 1. The van der Waals surface area contributed by atoms with Gasteiger partial charge in [-0.3, -0.25) is 0 Å². The number of carboxylic acid groups (broad SMARTS) is 1. The van der Waals surface area contributed by atoms with Gasteiger partial charge >= 0.3 is 12.1 Å². The molecule has 0 radical (unpaired) electrons. The summed E-state index contributed by atoms with van der Waals surface area (Å²) in [7, 11) is 0. The lowest BCUT2D eigenvalue weighted by molar-refractivity contribution is -0.140. The Morgan fingerprint density at radius 3 is 2.32 bits per heavy atom. The second-order valence-electron chi connectivity index (χ2n) is 6.44. The molecule has 0 saturated heterocycles. The van der Waals surface area contributed by atoms with Gasteiger partial charge in [-0.05, 0) is 23.3 Å². The summed E-state index contributed by atoms with van der Waals surface area (Å²) in [5, 5.41) is 11.7. The van der Waals surface area contributed by atoms with Gasteiger partial charge < -0.3 is 15.2 Å². The van der Waals surface area contributed by atoms with Crippen LogP contribution in [-0.2, 0) is 16.1 Å². The highest BCUT2D eigenvalue weighted by Crippen LogP contribution is 2.31. The van der Waals surface area contributed by atoms with Crippen LogP contribution >= 0.6 is 0 Å². The number of alkyl carbamates (subject to hydrolysis) is 1. The first-order valence-corrected chi connectivity index (χ1v) is 7.42. The van der Waals surface area contributed by atoms with Gasteiger partial charge in [0.25, 0.3) is 0 Å². The summed E-state index contributed by atoms with van der Waals surface area (Å²) in [6.07, 6.45) is -0.365. The van der Waals surface area contributed by atoms with E-state index in [1.165, 1.54) is 0 Å². The van der Waals surface area contributed by atoms with Crippen LogP contribution in [0.25, 0.3) is 0 Å². The summed E-state index contributed by atoms with van der Waals surface area (Å²) in [6, 6.07) is 8.29. The van der Waals surface area contributed by atoms with Gasteiger partial charge in [-0.15, -0.1) is 0 Å². The molecule has 22 heavy (non-hydrogen) atoms. The molecule has 0 bridgehead atoms. The highest BCUT2D eigenvalue weighted by molar-refractivity contribution is 5.79. The van der Waals surface area contributed by atoms with E-state index in [1.807, 2.05) is 58.0 Å². The fourth-order valence-electron chi connectivity index (χ4n) is 1.87. The molecule has 2 N–H and O–H groups in total. The van der Waals surface area contributed by atoms with Crippen molar-refractivity contribution < 1.29 is 19.4 Å². The molecule has 0 aliphatic carbocycles. The fourth-order valence-corrected chi connectivity index (χ4v) is 1.87. The van der Waals surface area contributed by atoms with Crippen molar-refractivity contribution in [3.8, 4) is 0 Å². The van der Waals surface area contributed by atoms with E-state index in [0.717, 1.165) is 5.56 Å². The van der Waals surface area contributed by atoms with E-state index in [1.54, 1.807) is 0 Å². The summed E-state index contributed by atoms with van der Waals surface area (Å²) >= 11 is 0. The fraction of sp³-hybridized carbons (Fsp3) is 0.529. The van der Waals surface area contributed by atoms with Crippen molar-refractivity contribution in [2.45, 2.75) is 46.8 Å². The van der Waals surface area contributed by atoms with Gasteiger partial charge in [0.05, 0.1) is 0 Å². The number of nitrogens with one attached hydrogen (secondary N) is 1. The van der Waals surface area contributed by atoms with Gasteiger partial charge in [-0.2, -0.15) is 0 Å². The molecule has 5 heteroatoms. The van der Waals surface area contributed by atoms with Crippen LogP contribution in [0.2, 0.25) is 0 Å². The van der Waals surface area contributed by atoms with E-state index in [0.29, 0.717) is 12.3 Å². The Hall–Kier alpha value is -2.04. The number of amides is 1. The monoisotopic (exact) mass is 307 g/mol. The molecule has 1 amide bonds. The van der Waals surface area contributed by atoms with Gasteiger partial charge in [0.15, 0.2) is 0 Å². The molecule has 1 aromatic rings. The van der Waals surface area contributed by atoms with Crippen LogP contribution in [-0.4, -0.2) is 23.2 Å². The number of carboxylic acids is 1. The second-order valence-corrected chi connectivity index (χ2v) is 6.44. The maximum Gasteiger partial charge on any atom is 0.408 e. The average molecular weight is 307 g/mol. The lowest BCUT2D eigenvalue weighted by atomic mass is 9.76. The number of carbonyl (C=O) groups is 2.